The summed E-state index contributed by atoms with van der Waals surface area (Å²) in [4.78, 5) is 7.48. The average Bonchev–Trinajstić information content (AvgIpc) is 3.16. The van der Waals surface area contributed by atoms with Crippen LogP contribution in [0.5, 0.6) is 5.75 Å². The Hall–Kier alpha value is -1.10. The molecule has 0 aliphatic carbocycles. The number of piperidine rings is 1. The van der Waals surface area contributed by atoms with E-state index in [1.807, 2.05) is 0 Å². The third kappa shape index (κ3) is 5.70. The van der Waals surface area contributed by atoms with Crippen LogP contribution in [-0.2, 0) is 6.54 Å². The average molecular weight is 360 g/mol. The molecule has 1 aromatic carbocycles. The smallest absolute Gasteiger partial charge is 0.119 e. The van der Waals surface area contributed by atoms with Crippen molar-refractivity contribution in [3.05, 3.63) is 29.8 Å². The predicted molar refractivity (Wildman–Crippen MR) is 109 cm³/mol. The Bertz CT molecular complexity index is 534. The zero-order valence-corrected chi connectivity index (χ0v) is 17.0. The molecule has 0 radical (unpaired) electrons. The maximum atomic E-state index is 5.89. The van der Waals surface area contributed by atoms with Crippen molar-refractivity contribution in [2.45, 2.75) is 45.2 Å². The summed E-state index contributed by atoms with van der Waals surface area (Å²) in [6.07, 6.45) is 5.49. The van der Waals surface area contributed by atoms with Gasteiger partial charge in [-0.3, -0.25) is 4.90 Å². The summed E-state index contributed by atoms with van der Waals surface area (Å²) < 4.78 is 5.89. The van der Waals surface area contributed by atoms with Crippen molar-refractivity contribution in [2.24, 2.45) is 5.92 Å². The van der Waals surface area contributed by atoms with Crippen molar-refractivity contribution in [3.8, 4) is 5.75 Å². The normalized spacial score (nSPS) is 21.4. The second kappa shape index (κ2) is 9.72. The van der Waals surface area contributed by atoms with Gasteiger partial charge in [0, 0.05) is 19.1 Å². The molecule has 4 heteroatoms. The van der Waals surface area contributed by atoms with Crippen molar-refractivity contribution < 1.29 is 4.74 Å². The minimum absolute atomic E-state index is 0.746. The van der Waals surface area contributed by atoms with Gasteiger partial charge in [-0.2, -0.15) is 0 Å². The first-order valence-electron chi connectivity index (χ1n) is 10.4. The molecule has 2 fully saturated rings. The van der Waals surface area contributed by atoms with Gasteiger partial charge in [0.15, 0.2) is 0 Å². The second-order valence-corrected chi connectivity index (χ2v) is 8.40. The summed E-state index contributed by atoms with van der Waals surface area (Å²) >= 11 is 0. The van der Waals surface area contributed by atoms with E-state index >= 15 is 0 Å². The van der Waals surface area contributed by atoms with Crippen LogP contribution in [0.15, 0.2) is 24.3 Å². The lowest BCUT2D eigenvalue weighted by Crippen LogP contribution is -2.42. The number of rotatable bonds is 8. The highest BCUT2D eigenvalue weighted by atomic mass is 16.5. The molecule has 1 atom stereocenters. The van der Waals surface area contributed by atoms with Crippen LogP contribution in [0.4, 0.5) is 0 Å². The Morgan fingerprint density at radius 3 is 2.54 bits per heavy atom. The lowest BCUT2D eigenvalue weighted by atomic mass is 9.89. The van der Waals surface area contributed by atoms with E-state index in [0.717, 1.165) is 37.4 Å². The van der Waals surface area contributed by atoms with Gasteiger partial charge in [0.05, 0.1) is 0 Å². The third-order valence-electron chi connectivity index (χ3n) is 6.14. The van der Waals surface area contributed by atoms with Crippen LogP contribution < -0.4 is 4.74 Å². The zero-order valence-electron chi connectivity index (χ0n) is 17.0. The number of ether oxygens (including phenoxy) is 1. The molecule has 2 saturated heterocycles. The van der Waals surface area contributed by atoms with E-state index < -0.39 is 0 Å². The first kappa shape index (κ1) is 19.7. The maximum Gasteiger partial charge on any atom is 0.119 e. The van der Waals surface area contributed by atoms with Crippen LogP contribution in [0, 0.1) is 5.92 Å². The van der Waals surface area contributed by atoms with E-state index in [1.165, 1.54) is 57.4 Å². The summed E-state index contributed by atoms with van der Waals surface area (Å²) in [6.45, 7) is 10.3. The number of likely N-dealkylation sites (tertiary alicyclic amines) is 2. The zero-order chi connectivity index (χ0) is 18.4. The van der Waals surface area contributed by atoms with Gasteiger partial charge in [-0.1, -0.05) is 12.1 Å². The standard InChI is InChI=1S/C22H37N3O/c1-19(25-11-4-5-12-25)21-9-13-24(14-10-21)18-20-7-6-8-22(17-20)26-16-15-23(2)3/h6-8,17,19,21H,4-5,9-16,18H2,1-3H3/t19-/m0/s1. The summed E-state index contributed by atoms with van der Waals surface area (Å²) in [5, 5.41) is 0. The number of hydrogen-bond acceptors (Lipinski definition) is 4. The van der Waals surface area contributed by atoms with Gasteiger partial charge in [0.2, 0.25) is 0 Å². The SMILES string of the molecule is C[C@@H](C1CCN(Cc2cccc(OCCN(C)C)c2)CC1)N1CCCC1. The van der Waals surface area contributed by atoms with Crippen molar-refractivity contribution in [1.29, 1.82) is 0 Å². The third-order valence-corrected chi connectivity index (χ3v) is 6.14. The van der Waals surface area contributed by atoms with Gasteiger partial charge in [-0.25, -0.2) is 0 Å². The van der Waals surface area contributed by atoms with Crippen LogP contribution in [0.25, 0.3) is 0 Å². The fraction of sp³-hybridized carbons (Fsp3) is 0.727. The molecule has 0 N–H and O–H groups in total. The molecular formula is C22H37N3O. The minimum atomic E-state index is 0.746. The van der Waals surface area contributed by atoms with Crippen LogP contribution in [0.1, 0.15) is 38.2 Å². The molecule has 0 unspecified atom stereocenters. The van der Waals surface area contributed by atoms with Crippen LogP contribution in [-0.4, -0.2) is 74.2 Å². The van der Waals surface area contributed by atoms with E-state index in [1.54, 1.807) is 0 Å². The van der Waals surface area contributed by atoms with Crippen molar-refractivity contribution >= 4 is 0 Å². The molecule has 0 bridgehead atoms. The molecule has 0 aromatic heterocycles. The number of likely N-dealkylation sites (N-methyl/N-ethyl adjacent to an activating group) is 1. The van der Waals surface area contributed by atoms with Crippen LogP contribution in [0.3, 0.4) is 0 Å². The maximum absolute atomic E-state index is 5.89. The summed E-state index contributed by atoms with van der Waals surface area (Å²) in [7, 11) is 4.15. The number of benzene rings is 1. The molecule has 3 rings (SSSR count). The topological polar surface area (TPSA) is 19.0 Å². The Balaban J connectivity index is 1.44. The van der Waals surface area contributed by atoms with Gasteiger partial charge < -0.3 is 14.5 Å². The summed E-state index contributed by atoms with van der Waals surface area (Å²) in [5.74, 6) is 1.88. The molecule has 0 amide bonds. The van der Waals surface area contributed by atoms with Crippen molar-refractivity contribution in [3.63, 3.8) is 0 Å². The Morgan fingerprint density at radius 1 is 1.12 bits per heavy atom. The van der Waals surface area contributed by atoms with Gasteiger partial charge >= 0.3 is 0 Å². The van der Waals surface area contributed by atoms with Gasteiger partial charge in [0.25, 0.3) is 0 Å². The molecular weight excluding hydrogens is 322 g/mol. The molecule has 2 heterocycles. The highest BCUT2D eigenvalue weighted by Crippen LogP contribution is 2.27. The first-order valence-corrected chi connectivity index (χ1v) is 10.4. The van der Waals surface area contributed by atoms with E-state index in [0.29, 0.717) is 0 Å². The molecule has 1 aromatic rings. The van der Waals surface area contributed by atoms with E-state index in [9.17, 15) is 0 Å². The van der Waals surface area contributed by atoms with Gasteiger partial charge in [-0.05, 0) is 96.5 Å². The Kier molecular flexibility index (Phi) is 7.35. The monoisotopic (exact) mass is 359 g/mol. The Morgan fingerprint density at radius 2 is 1.85 bits per heavy atom. The minimum Gasteiger partial charge on any atom is -0.492 e. The van der Waals surface area contributed by atoms with Gasteiger partial charge in [-0.15, -0.1) is 0 Å². The van der Waals surface area contributed by atoms with E-state index in [-0.39, 0.29) is 0 Å². The highest BCUT2D eigenvalue weighted by molar-refractivity contribution is 5.28. The van der Waals surface area contributed by atoms with E-state index in [4.69, 9.17) is 4.74 Å². The number of hydrogen-bond donors (Lipinski definition) is 0. The fourth-order valence-electron chi connectivity index (χ4n) is 4.38. The highest BCUT2D eigenvalue weighted by Gasteiger charge is 2.28. The lowest BCUT2D eigenvalue weighted by molar-refractivity contribution is 0.108. The summed E-state index contributed by atoms with van der Waals surface area (Å²) in [5.41, 5.74) is 1.37. The summed E-state index contributed by atoms with van der Waals surface area (Å²) in [6, 6.07) is 9.42. The predicted octanol–water partition coefficient (Wildman–Crippen LogP) is 3.32. The fourth-order valence-corrected chi connectivity index (χ4v) is 4.38. The largest absolute Gasteiger partial charge is 0.492 e. The molecule has 2 aliphatic heterocycles. The van der Waals surface area contributed by atoms with Crippen LogP contribution >= 0.6 is 0 Å². The van der Waals surface area contributed by atoms with E-state index in [2.05, 4.69) is 60.0 Å². The Labute approximate surface area is 160 Å². The van der Waals surface area contributed by atoms with Gasteiger partial charge in [0.1, 0.15) is 12.4 Å². The lowest BCUT2D eigenvalue weighted by Gasteiger charge is -2.38. The molecule has 26 heavy (non-hydrogen) atoms. The first-order chi connectivity index (χ1) is 12.6. The molecule has 2 aliphatic rings. The second-order valence-electron chi connectivity index (χ2n) is 8.40. The van der Waals surface area contributed by atoms with Crippen molar-refractivity contribution in [2.75, 3.05) is 53.4 Å². The van der Waals surface area contributed by atoms with Crippen molar-refractivity contribution in [1.82, 2.24) is 14.7 Å². The molecule has 4 nitrogen and oxygen atoms in total. The van der Waals surface area contributed by atoms with Crippen LogP contribution in [0.2, 0.25) is 0 Å². The molecule has 0 saturated carbocycles. The molecule has 146 valence electrons. The quantitative estimate of drug-likeness (QED) is 0.709. The molecule has 0 spiro atoms. The number of nitrogens with zero attached hydrogens (tertiary/aromatic N) is 3.